The van der Waals surface area contributed by atoms with E-state index in [-0.39, 0.29) is 35.7 Å². The summed E-state index contributed by atoms with van der Waals surface area (Å²) >= 11 is 1.35. The number of carbonyl (C=O) groups excluding carboxylic acids is 1. The molecule has 9 nitrogen and oxygen atoms in total. The second-order valence-electron chi connectivity index (χ2n) is 5.20. The molecule has 1 aromatic carbocycles. The van der Waals surface area contributed by atoms with Crippen molar-refractivity contribution in [1.29, 1.82) is 0 Å². The van der Waals surface area contributed by atoms with Crippen LogP contribution in [0, 0.1) is 10.1 Å². The number of nitrogens with zero attached hydrogens (tertiary/aromatic N) is 3. The number of hydrogen-bond acceptors (Lipinski definition) is 8. The Morgan fingerprint density at radius 1 is 1.38 bits per heavy atom. The van der Waals surface area contributed by atoms with Gasteiger partial charge in [0.25, 0.3) is 5.56 Å². The summed E-state index contributed by atoms with van der Waals surface area (Å²) in [4.78, 5) is 39.5. The fourth-order valence-corrected chi connectivity index (χ4v) is 3.01. The Morgan fingerprint density at radius 2 is 2.19 bits per heavy atom. The fourth-order valence-electron chi connectivity index (χ4n) is 2.29. The van der Waals surface area contributed by atoms with Gasteiger partial charge < -0.3 is 9.47 Å². The third-order valence-electron chi connectivity index (χ3n) is 3.59. The van der Waals surface area contributed by atoms with Gasteiger partial charge in [0.05, 0.1) is 36.2 Å². The molecule has 2 heterocycles. The minimum Gasteiger partial charge on any atom is -0.496 e. The maximum atomic E-state index is 12.2. The Balaban J connectivity index is 1.72. The molecule has 3 rings (SSSR count). The average molecular weight is 375 g/mol. The molecular weight excluding hydrogens is 362 g/mol. The van der Waals surface area contributed by atoms with Gasteiger partial charge in [-0.05, 0) is 23.6 Å². The van der Waals surface area contributed by atoms with Crippen LogP contribution in [0.5, 0.6) is 11.5 Å². The van der Waals surface area contributed by atoms with Crippen LogP contribution >= 0.6 is 11.3 Å². The number of hydrogen-bond donors (Lipinski definition) is 0. The van der Waals surface area contributed by atoms with E-state index in [1.165, 1.54) is 47.5 Å². The van der Waals surface area contributed by atoms with Crippen molar-refractivity contribution in [2.24, 2.45) is 0 Å². The molecular formula is C16H13N3O6S. The molecule has 0 fully saturated rings. The van der Waals surface area contributed by atoms with Crippen LogP contribution in [0.25, 0.3) is 10.2 Å². The maximum Gasteiger partial charge on any atom is 0.315 e. The zero-order valence-corrected chi connectivity index (χ0v) is 14.4. The predicted octanol–water partition coefficient (Wildman–Crippen LogP) is 2.37. The van der Waals surface area contributed by atoms with E-state index in [4.69, 9.17) is 9.47 Å². The first-order valence-electron chi connectivity index (χ1n) is 7.45. The molecule has 0 spiro atoms. The van der Waals surface area contributed by atoms with Crippen LogP contribution in [0.1, 0.15) is 6.42 Å². The van der Waals surface area contributed by atoms with Gasteiger partial charge in [0.15, 0.2) is 0 Å². The highest BCUT2D eigenvalue weighted by Gasteiger charge is 2.19. The number of ether oxygens (including phenoxy) is 2. The van der Waals surface area contributed by atoms with Crippen LogP contribution in [-0.4, -0.2) is 27.6 Å². The van der Waals surface area contributed by atoms with Crippen molar-refractivity contribution in [2.75, 3.05) is 7.11 Å². The van der Waals surface area contributed by atoms with Gasteiger partial charge in [-0.1, -0.05) is 0 Å². The van der Waals surface area contributed by atoms with Crippen molar-refractivity contribution >= 4 is 33.2 Å². The monoisotopic (exact) mass is 375 g/mol. The molecule has 10 heteroatoms. The van der Waals surface area contributed by atoms with Gasteiger partial charge in [-0.15, -0.1) is 11.3 Å². The molecule has 134 valence electrons. The molecule has 0 amide bonds. The molecule has 3 aromatic rings. The van der Waals surface area contributed by atoms with Crippen LogP contribution in [0.3, 0.4) is 0 Å². The average Bonchev–Trinajstić information content (AvgIpc) is 3.11. The lowest BCUT2D eigenvalue weighted by molar-refractivity contribution is -0.385. The molecule has 0 aliphatic heterocycles. The molecule has 0 aliphatic rings. The van der Waals surface area contributed by atoms with E-state index in [0.717, 1.165) is 0 Å². The van der Waals surface area contributed by atoms with Gasteiger partial charge in [-0.3, -0.25) is 24.3 Å². The normalized spacial score (nSPS) is 10.7. The first kappa shape index (κ1) is 17.5. The first-order chi connectivity index (χ1) is 12.5. The zero-order valence-electron chi connectivity index (χ0n) is 13.6. The van der Waals surface area contributed by atoms with Gasteiger partial charge in [0, 0.05) is 6.54 Å². The van der Waals surface area contributed by atoms with Crippen LogP contribution in [0.4, 0.5) is 5.69 Å². The minimum absolute atomic E-state index is 0.0560. The summed E-state index contributed by atoms with van der Waals surface area (Å²) in [5, 5.41) is 13.3. The van der Waals surface area contributed by atoms with Crippen LogP contribution < -0.4 is 15.0 Å². The lowest BCUT2D eigenvalue weighted by Crippen LogP contribution is -2.22. The summed E-state index contributed by atoms with van der Waals surface area (Å²) < 4.78 is 11.3. The third kappa shape index (κ3) is 3.54. The SMILES string of the molecule is COc1ccc(OC(=O)CCn2cnc3sccc3c2=O)c([N+](=O)[O-])c1. The summed E-state index contributed by atoms with van der Waals surface area (Å²) in [6.07, 6.45) is 1.23. The predicted molar refractivity (Wildman–Crippen MR) is 93.8 cm³/mol. The highest BCUT2D eigenvalue weighted by molar-refractivity contribution is 7.16. The van der Waals surface area contributed by atoms with Gasteiger partial charge in [0.2, 0.25) is 5.75 Å². The number of nitro benzene ring substituents is 1. The highest BCUT2D eigenvalue weighted by atomic mass is 32.1. The molecule has 0 bridgehead atoms. The fraction of sp³-hybridized carbons (Fsp3) is 0.188. The molecule has 0 saturated carbocycles. The van der Waals surface area contributed by atoms with Crippen LogP contribution in [0.15, 0.2) is 40.8 Å². The highest BCUT2D eigenvalue weighted by Crippen LogP contribution is 2.31. The number of methoxy groups -OCH3 is 1. The number of carbonyl (C=O) groups is 1. The van der Waals surface area contributed by atoms with Crippen LogP contribution in [-0.2, 0) is 11.3 Å². The van der Waals surface area contributed by atoms with Crippen LogP contribution in [0.2, 0.25) is 0 Å². The van der Waals surface area contributed by atoms with Crippen molar-refractivity contribution in [3.8, 4) is 11.5 Å². The quantitative estimate of drug-likeness (QED) is 0.281. The number of thiophene rings is 1. The van der Waals surface area contributed by atoms with E-state index < -0.39 is 10.9 Å². The van der Waals surface area contributed by atoms with Crippen molar-refractivity contribution < 1.29 is 19.2 Å². The summed E-state index contributed by atoms with van der Waals surface area (Å²) in [6.45, 7) is 0.0560. The summed E-state index contributed by atoms with van der Waals surface area (Å²) in [5.74, 6) is -0.603. The van der Waals surface area contributed by atoms with Gasteiger partial charge in [-0.25, -0.2) is 4.98 Å². The maximum absolute atomic E-state index is 12.2. The Hall–Kier alpha value is -3.27. The number of rotatable bonds is 6. The number of nitro groups is 1. The van der Waals surface area contributed by atoms with Gasteiger partial charge in [0.1, 0.15) is 10.6 Å². The second-order valence-corrected chi connectivity index (χ2v) is 6.09. The van der Waals surface area contributed by atoms with E-state index in [9.17, 15) is 19.7 Å². The largest absolute Gasteiger partial charge is 0.496 e. The molecule has 0 unspecified atom stereocenters. The Kier molecular flexibility index (Phi) is 4.94. The standard InChI is InChI=1S/C16H13N3O6S/c1-24-10-2-3-13(12(8-10)19(22)23)25-14(20)4-6-18-9-17-15-11(16(18)21)5-7-26-15/h2-3,5,7-9H,4,6H2,1H3. The van der Waals surface area contributed by atoms with E-state index in [1.54, 1.807) is 11.4 Å². The number of aryl methyl sites for hydroxylation is 1. The van der Waals surface area contributed by atoms with E-state index in [1.807, 2.05) is 0 Å². The molecule has 0 saturated heterocycles. The van der Waals surface area contributed by atoms with E-state index in [0.29, 0.717) is 10.2 Å². The minimum atomic E-state index is -0.699. The Labute approximate surface area is 150 Å². The third-order valence-corrected chi connectivity index (χ3v) is 4.41. The lowest BCUT2D eigenvalue weighted by Gasteiger charge is -2.07. The van der Waals surface area contributed by atoms with Crippen molar-refractivity contribution in [1.82, 2.24) is 9.55 Å². The van der Waals surface area contributed by atoms with Crippen molar-refractivity contribution in [3.05, 3.63) is 56.4 Å². The Bertz CT molecular complexity index is 1040. The lowest BCUT2D eigenvalue weighted by atomic mass is 10.3. The summed E-state index contributed by atoms with van der Waals surface area (Å²) in [6, 6.07) is 5.58. The molecule has 0 N–H and O–H groups in total. The van der Waals surface area contributed by atoms with Crippen molar-refractivity contribution in [3.63, 3.8) is 0 Å². The molecule has 0 atom stereocenters. The summed E-state index contributed by atoms with van der Waals surface area (Å²) in [5.41, 5.74) is -0.629. The Morgan fingerprint density at radius 3 is 2.92 bits per heavy atom. The smallest absolute Gasteiger partial charge is 0.315 e. The number of aromatic nitrogens is 2. The molecule has 2 aromatic heterocycles. The van der Waals surface area contributed by atoms with Gasteiger partial charge in [-0.2, -0.15) is 0 Å². The zero-order chi connectivity index (χ0) is 18.7. The number of benzene rings is 1. The first-order valence-corrected chi connectivity index (χ1v) is 8.33. The van der Waals surface area contributed by atoms with E-state index >= 15 is 0 Å². The van der Waals surface area contributed by atoms with Crippen molar-refractivity contribution in [2.45, 2.75) is 13.0 Å². The molecule has 0 aliphatic carbocycles. The summed E-state index contributed by atoms with van der Waals surface area (Å²) in [7, 11) is 1.38. The van der Waals surface area contributed by atoms with Gasteiger partial charge >= 0.3 is 11.7 Å². The number of esters is 1. The second kappa shape index (κ2) is 7.31. The van der Waals surface area contributed by atoms with E-state index in [2.05, 4.69) is 4.98 Å². The number of fused-ring (bicyclic) bond motifs is 1. The molecule has 26 heavy (non-hydrogen) atoms. The molecule has 0 radical (unpaired) electrons. The topological polar surface area (TPSA) is 114 Å².